The van der Waals surface area contributed by atoms with Crippen molar-refractivity contribution in [1.29, 1.82) is 0 Å². The summed E-state index contributed by atoms with van der Waals surface area (Å²) in [6, 6.07) is 5.07. The van der Waals surface area contributed by atoms with Crippen molar-refractivity contribution in [1.82, 2.24) is 10.2 Å². The minimum absolute atomic E-state index is 0.0592. The van der Waals surface area contributed by atoms with E-state index in [-0.39, 0.29) is 5.75 Å². The molecule has 0 atom stereocenters. The lowest BCUT2D eigenvalue weighted by Gasteiger charge is -2.20. The number of hydrogen-bond acceptors (Lipinski definition) is 3. The number of alkyl halides is 2. The van der Waals surface area contributed by atoms with Gasteiger partial charge >= 0.3 is 6.61 Å². The average Bonchev–Trinajstić information content (AvgIpc) is 3.05. The third-order valence-corrected chi connectivity index (χ3v) is 3.76. The van der Waals surface area contributed by atoms with Crippen LogP contribution in [0.3, 0.4) is 0 Å². The summed E-state index contributed by atoms with van der Waals surface area (Å²) < 4.78 is 34.4. The summed E-state index contributed by atoms with van der Waals surface area (Å²) in [5.41, 5.74) is 0.894. The van der Waals surface area contributed by atoms with Crippen molar-refractivity contribution in [3.63, 3.8) is 0 Å². The zero-order chi connectivity index (χ0) is 16.7. The molecule has 0 spiro atoms. The number of hydrogen-bond donors (Lipinski definition) is 1. The van der Waals surface area contributed by atoms with Gasteiger partial charge in [0.2, 0.25) is 0 Å². The van der Waals surface area contributed by atoms with Crippen molar-refractivity contribution in [2.75, 3.05) is 33.8 Å². The molecule has 1 aromatic rings. The normalized spacial score (nSPS) is 15.2. The standard InChI is InChI=1S/C16H23F2N3O2/c1-19-16(21-9-3-4-10-21)20-8-7-12-5-6-13(22-2)14(11-12)23-15(17)18/h5-6,11,15H,3-4,7-10H2,1-2H3,(H,19,20). The Balaban J connectivity index is 1.92. The Morgan fingerprint density at radius 1 is 1.30 bits per heavy atom. The zero-order valence-electron chi connectivity index (χ0n) is 13.5. The minimum Gasteiger partial charge on any atom is -0.493 e. The van der Waals surface area contributed by atoms with Crippen LogP contribution in [0.15, 0.2) is 23.2 Å². The molecule has 7 heteroatoms. The summed E-state index contributed by atoms with van der Waals surface area (Å²) in [7, 11) is 3.19. The number of nitrogens with one attached hydrogen (secondary N) is 1. The predicted octanol–water partition coefficient (Wildman–Crippen LogP) is 2.51. The summed E-state index contributed by atoms with van der Waals surface area (Å²) in [6.07, 6.45) is 3.05. The fourth-order valence-electron chi connectivity index (χ4n) is 2.64. The van der Waals surface area contributed by atoms with E-state index in [4.69, 9.17) is 4.74 Å². The lowest BCUT2D eigenvalue weighted by Crippen LogP contribution is -2.40. The number of likely N-dealkylation sites (tertiary alicyclic amines) is 1. The molecule has 5 nitrogen and oxygen atoms in total. The second-order valence-corrected chi connectivity index (χ2v) is 5.28. The number of nitrogens with zero attached hydrogens (tertiary/aromatic N) is 2. The number of rotatable bonds is 6. The number of methoxy groups -OCH3 is 1. The molecule has 1 fully saturated rings. The number of ether oxygens (including phenoxy) is 2. The largest absolute Gasteiger partial charge is 0.493 e. The molecule has 0 radical (unpaired) electrons. The van der Waals surface area contributed by atoms with Crippen molar-refractivity contribution in [3.8, 4) is 11.5 Å². The van der Waals surface area contributed by atoms with E-state index >= 15 is 0 Å². The van der Waals surface area contributed by atoms with Crippen LogP contribution in [-0.2, 0) is 6.42 Å². The molecule has 128 valence electrons. The number of halogens is 2. The lowest BCUT2D eigenvalue weighted by atomic mass is 10.1. The molecule has 2 rings (SSSR count). The molecule has 0 amide bonds. The molecule has 0 bridgehead atoms. The van der Waals surface area contributed by atoms with Crippen LogP contribution in [0.4, 0.5) is 8.78 Å². The van der Waals surface area contributed by atoms with Gasteiger partial charge in [-0.25, -0.2) is 0 Å². The number of aliphatic imine (C=N–C) groups is 1. The Kier molecular flexibility index (Phi) is 6.43. The van der Waals surface area contributed by atoms with E-state index in [1.807, 2.05) is 6.07 Å². The Labute approximate surface area is 135 Å². The first-order valence-corrected chi connectivity index (χ1v) is 7.71. The molecule has 0 aromatic heterocycles. The average molecular weight is 327 g/mol. The van der Waals surface area contributed by atoms with Gasteiger partial charge in [0, 0.05) is 26.7 Å². The maximum atomic E-state index is 12.4. The Morgan fingerprint density at radius 2 is 2.04 bits per heavy atom. The summed E-state index contributed by atoms with van der Waals surface area (Å²) in [6.45, 7) is -0.154. The van der Waals surface area contributed by atoms with E-state index in [1.54, 1.807) is 19.2 Å². The highest BCUT2D eigenvalue weighted by Crippen LogP contribution is 2.29. The highest BCUT2D eigenvalue weighted by molar-refractivity contribution is 5.80. The van der Waals surface area contributed by atoms with Crippen LogP contribution >= 0.6 is 0 Å². The van der Waals surface area contributed by atoms with Gasteiger partial charge < -0.3 is 19.7 Å². The van der Waals surface area contributed by atoms with Crippen LogP contribution in [0.25, 0.3) is 0 Å². The summed E-state index contributed by atoms with van der Waals surface area (Å²) in [5, 5.41) is 3.30. The van der Waals surface area contributed by atoms with E-state index in [0.29, 0.717) is 18.7 Å². The van der Waals surface area contributed by atoms with E-state index in [0.717, 1.165) is 24.6 Å². The fourth-order valence-corrected chi connectivity index (χ4v) is 2.64. The van der Waals surface area contributed by atoms with Crippen LogP contribution in [0.5, 0.6) is 11.5 Å². The minimum atomic E-state index is -2.87. The summed E-state index contributed by atoms with van der Waals surface area (Å²) in [4.78, 5) is 6.49. The fraction of sp³-hybridized carbons (Fsp3) is 0.562. The first-order valence-electron chi connectivity index (χ1n) is 7.71. The first-order chi connectivity index (χ1) is 11.1. The van der Waals surface area contributed by atoms with Gasteiger partial charge in [-0.3, -0.25) is 4.99 Å². The molecule has 1 aliphatic heterocycles. The van der Waals surface area contributed by atoms with Crippen molar-refractivity contribution in [2.24, 2.45) is 4.99 Å². The smallest absolute Gasteiger partial charge is 0.387 e. The van der Waals surface area contributed by atoms with Crippen LogP contribution in [0.2, 0.25) is 0 Å². The van der Waals surface area contributed by atoms with Gasteiger partial charge in [-0.05, 0) is 37.0 Å². The van der Waals surface area contributed by atoms with Crippen LogP contribution in [0, 0.1) is 0 Å². The second-order valence-electron chi connectivity index (χ2n) is 5.28. The molecule has 1 saturated heterocycles. The van der Waals surface area contributed by atoms with E-state index in [9.17, 15) is 8.78 Å². The quantitative estimate of drug-likeness (QED) is 0.644. The Bertz CT molecular complexity index is 532. The Hall–Kier alpha value is -2.05. The van der Waals surface area contributed by atoms with Gasteiger partial charge in [0.25, 0.3) is 0 Å². The van der Waals surface area contributed by atoms with Crippen LogP contribution < -0.4 is 14.8 Å². The number of benzene rings is 1. The van der Waals surface area contributed by atoms with Crippen molar-refractivity contribution >= 4 is 5.96 Å². The van der Waals surface area contributed by atoms with E-state index in [2.05, 4.69) is 19.9 Å². The zero-order valence-corrected chi connectivity index (χ0v) is 13.5. The van der Waals surface area contributed by atoms with Gasteiger partial charge in [-0.15, -0.1) is 0 Å². The predicted molar refractivity (Wildman–Crippen MR) is 85.5 cm³/mol. The molecule has 1 N–H and O–H groups in total. The SMILES string of the molecule is CN=C(NCCc1ccc(OC)c(OC(F)F)c1)N1CCCC1. The molecule has 1 aromatic carbocycles. The molecule has 23 heavy (non-hydrogen) atoms. The topological polar surface area (TPSA) is 46.1 Å². The molecule has 0 aliphatic carbocycles. The molecule has 0 saturated carbocycles. The maximum absolute atomic E-state index is 12.4. The third kappa shape index (κ3) is 4.97. The summed E-state index contributed by atoms with van der Waals surface area (Å²) in [5.74, 6) is 1.25. The van der Waals surface area contributed by atoms with Crippen molar-refractivity contribution in [3.05, 3.63) is 23.8 Å². The van der Waals surface area contributed by atoms with Crippen molar-refractivity contribution < 1.29 is 18.3 Å². The van der Waals surface area contributed by atoms with Gasteiger partial charge in [0.05, 0.1) is 7.11 Å². The number of guanidine groups is 1. The van der Waals surface area contributed by atoms with Gasteiger partial charge in [0.15, 0.2) is 17.5 Å². The van der Waals surface area contributed by atoms with Crippen molar-refractivity contribution in [2.45, 2.75) is 25.9 Å². The monoisotopic (exact) mass is 327 g/mol. The molecule has 0 unspecified atom stereocenters. The van der Waals surface area contributed by atoms with Gasteiger partial charge in [-0.2, -0.15) is 8.78 Å². The maximum Gasteiger partial charge on any atom is 0.387 e. The summed E-state index contributed by atoms with van der Waals surface area (Å²) >= 11 is 0. The highest BCUT2D eigenvalue weighted by Gasteiger charge is 2.15. The highest BCUT2D eigenvalue weighted by atomic mass is 19.3. The molecular formula is C16H23F2N3O2. The third-order valence-electron chi connectivity index (χ3n) is 3.76. The Morgan fingerprint density at radius 3 is 2.65 bits per heavy atom. The lowest BCUT2D eigenvalue weighted by molar-refractivity contribution is -0.0512. The van der Waals surface area contributed by atoms with Gasteiger partial charge in [-0.1, -0.05) is 6.07 Å². The molecule has 1 aliphatic rings. The van der Waals surface area contributed by atoms with E-state index in [1.165, 1.54) is 20.0 Å². The first kappa shape index (κ1) is 17.3. The molecular weight excluding hydrogens is 304 g/mol. The van der Waals surface area contributed by atoms with Crippen LogP contribution in [-0.4, -0.2) is 51.3 Å². The van der Waals surface area contributed by atoms with E-state index < -0.39 is 6.61 Å². The molecule has 1 heterocycles. The van der Waals surface area contributed by atoms with Crippen LogP contribution in [0.1, 0.15) is 18.4 Å². The second kappa shape index (κ2) is 8.55. The van der Waals surface area contributed by atoms with Gasteiger partial charge in [0.1, 0.15) is 0 Å².